The molecule has 0 unspecified atom stereocenters. The first-order chi connectivity index (χ1) is 14.0. The van der Waals surface area contributed by atoms with E-state index in [9.17, 15) is 4.79 Å². The molecule has 1 fully saturated rings. The number of anilines is 1. The summed E-state index contributed by atoms with van der Waals surface area (Å²) < 4.78 is 7.21. The maximum atomic E-state index is 13.0. The van der Waals surface area contributed by atoms with E-state index >= 15 is 0 Å². The average Bonchev–Trinajstić information content (AvgIpc) is 3.06. The summed E-state index contributed by atoms with van der Waals surface area (Å²) in [6, 6.07) is 7.36. The molecule has 1 aliphatic heterocycles. The molecule has 0 aliphatic carbocycles. The van der Waals surface area contributed by atoms with E-state index in [1.807, 2.05) is 47.8 Å². The van der Waals surface area contributed by atoms with E-state index in [1.165, 1.54) is 0 Å². The number of ether oxygens (including phenoxy) is 1. The van der Waals surface area contributed by atoms with E-state index in [4.69, 9.17) is 9.72 Å². The number of methoxy groups -OCH3 is 1. The molecule has 1 amide bonds. The average molecular weight is 394 g/mol. The fourth-order valence-corrected chi connectivity index (χ4v) is 3.85. The van der Waals surface area contributed by atoms with Crippen LogP contribution in [0.4, 0.5) is 5.82 Å². The Balaban J connectivity index is 1.58. The number of fused-ring (bicyclic) bond motifs is 1. The molecular formula is C21H26N6O2. The maximum Gasteiger partial charge on any atom is 0.257 e. The molecule has 3 heterocycles. The van der Waals surface area contributed by atoms with Crippen LogP contribution in [0.5, 0.6) is 5.75 Å². The van der Waals surface area contributed by atoms with Gasteiger partial charge in [-0.1, -0.05) is 19.1 Å². The van der Waals surface area contributed by atoms with Crippen molar-refractivity contribution in [1.82, 2.24) is 24.6 Å². The molecule has 1 saturated heterocycles. The van der Waals surface area contributed by atoms with Gasteiger partial charge in [0.15, 0.2) is 5.82 Å². The third-order valence-electron chi connectivity index (χ3n) is 5.40. The first-order valence-electron chi connectivity index (χ1n) is 9.91. The van der Waals surface area contributed by atoms with Crippen LogP contribution in [0.1, 0.15) is 28.8 Å². The van der Waals surface area contributed by atoms with Crippen LogP contribution < -0.4 is 9.64 Å². The quantitative estimate of drug-likeness (QED) is 0.675. The highest BCUT2D eigenvalue weighted by Crippen LogP contribution is 2.27. The summed E-state index contributed by atoms with van der Waals surface area (Å²) in [7, 11) is 3.51. The number of para-hydroxylation sites is 1. The van der Waals surface area contributed by atoms with Gasteiger partial charge in [0.25, 0.3) is 5.91 Å². The lowest BCUT2D eigenvalue weighted by atomic mass is 10.1. The van der Waals surface area contributed by atoms with Crippen molar-refractivity contribution in [1.29, 1.82) is 0 Å². The Morgan fingerprint density at radius 3 is 2.55 bits per heavy atom. The number of hydrogen-bond donors (Lipinski definition) is 0. The Morgan fingerprint density at radius 1 is 1.14 bits per heavy atom. The van der Waals surface area contributed by atoms with Crippen LogP contribution in [-0.2, 0) is 13.5 Å². The minimum Gasteiger partial charge on any atom is -0.496 e. The number of aryl methyl sites for hydroxylation is 3. The lowest BCUT2D eigenvalue weighted by Crippen LogP contribution is -2.49. The number of aromatic nitrogens is 4. The first kappa shape index (κ1) is 19.2. The number of benzene rings is 1. The number of nitrogens with zero attached hydrogens (tertiary/aromatic N) is 6. The van der Waals surface area contributed by atoms with Gasteiger partial charge in [-0.25, -0.2) is 9.97 Å². The monoisotopic (exact) mass is 394 g/mol. The van der Waals surface area contributed by atoms with Gasteiger partial charge in [-0.15, -0.1) is 0 Å². The number of amides is 1. The lowest BCUT2D eigenvalue weighted by Gasteiger charge is -2.36. The molecule has 1 aliphatic rings. The van der Waals surface area contributed by atoms with E-state index in [-0.39, 0.29) is 5.91 Å². The number of hydrogen-bond acceptors (Lipinski definition) is 6. The molecule has 1 aromatic carbocycles. The predicted octanol–water partition coefficient (Wildman–Crippen LogP) is 2.21. The molecule has 0 bridgehead atoms. The van der Waals surface area contributed by atoms with Crippen molar-refractivity contribution < 1.29 is 9.53 Å². The Hall–Kier alpha value is -3.16. The number of rotatable bonds is 4. The summed E-state index contributed by atoms with van der Waals surface area (Å²) in [4.78, 5) is 26.6. The molecule has 0 radical (unpaired) electrons. The third kappa shape index (κ3) is 3.39. The zero-order chi connectivity index (χ0) is 20.5. The molecule has 152 valence electrons. The maximum absolute atomic E-state index is 13.0. The highest BCUT2D eigenvalue weighted by molar-refractivity contribution is 5.97. The molecule has 0 N–H and O–H groups in total. The van der Waals surface area contributed by atoms with Gasteiger partial charge in [-0.3, -0.25) is 9.48 Å². The Kier molecular flexibility index (Phi) is 5.08. The van der Waals surface area contributed by atoms with E-state index in [0.29, 0.717) is 37.5 Å². The summed E-state index contributed by atoms with van der Waals surface area (Å²) in [5.41, 5.74) is 3.36. The van der Waals surface area contributed by atoms with E-state index in [2.05, 4.69) is 21.9 Å². The van der Waals surface area contributed by atoms with Crippen LogP contribution in [0.25, 0.3) is 11.0 Å². The normalized spacial score (nSPS) is 14.5. The van der Waals surface area contributed by atoms with E-state index < -0.39 is 0 Å². The van der Waals surface area contributed by atoms with Gasteiger partial charge >= 0.3 is 0 Å². The van der Waals surface area contributed by atoms with E-state index in [0.717, 1.165) is 34.8 Å². The molecule has 0 spiro atoms. The minimum atomic E-state index is 0.000518. The van der Waals surface area contributed by atoms with Gasteiger partial charge in [0, 0.05) is 39.6 Å². The second-order valence-corrected chi connectivity index (χ2v) is 7.20. The number of carbonyl (C=O) groups is 1. The van der Waals surface area contributed by atoms with Crippen LogP contribution in [0.2, 0.25) is 0 Å². The van der Waals surface area contributed by atoms with Gasteiger partial charge < -0.3 is 14.5 Å². The molecular weight excluding hydrogens is 368 g/mol. The topological polar surface area (TPSA) is 76.4 Å². The Labute approximate surface area is 170 Å². The van der Waals surface area contributed by atoms with Gasteiger partial charge in [-0.2, -0.15) is 5.10 Å². The lowest BCUT2D eigenvalue weighted by molar-refractivity contribution is 0.0743. The van der Waals surface area contributed by atoms with Crippen LogP contribution in [0.3, 0.4) is 0 Å². The smallest absolute Gasteiger partial charge is 0.257 e. The fraction of sp³-hybridized carbons (Fsp3) is 0.429. The van der Waals surface area contributed by atoms with Gasteiger partial charge in [0.1, 0.15) is 22.6 Å². The van der Waals surface area contributed by atoms with Crippen molar-refractivity contribution in [2.75, 3.05) is 38.2 Å². The summed E-state index contributed by atoms with van der Waals surface area (Å²) in [6.07, 6.45) is 0.767. The highest BCUT2D eigenvalue weighted by Gasteiger charge is 2.27. The Bertz CT molecular complexity index is 1050. The second kappa shape index (κ2) is 7.69. The summed E-state index contributed by atoms with van der Waals surface area (Å²) in [5.74, 6) is 2.33. The van der Waals surface area contributed by atoms with Gasteiger partial charge in [0.05, 0.1) is 18.4 Å². The summed E-state index contributed by atoms with van der Waals surface area (Å²) in [5, 5.41) is 4.53. The van der Waals surface area contributed by atoms with Crippen LogP contribution in [-0.4, -0.2) is 63.8 Å². The summed E-state index contributed by atoms with van der Waals surface area (Å²) >= 11 is 0. The van der Waals surface area contributed by atoms with Crippen molar-refractivity contribution in [3.63, 3.8) is 0 Å². The van der Waals surface area contributed by atoms with Gasteiger partial charge in [0.2, 0.25) is 0 Å². The molecule has 0 atom stereocenters. The fourth-order valence-electron chi connectivity index (χ4n) is 3.85. The van der Waals surface area contributed by atoms with Crippen LogP contribution >= 0.6 is 0 Å². The predicted molar refractivity (Wildman–Crippen MR) is 112 cm³/mol. The second-order valence-electron chi connectivity index (χ2n) is 7.20. The van der Waals surface area contributed by atoms with Crippen molar-refractivity contribution in [3.05, 3.63) is 41.3 Å². The molecule has 4 rings (SSSR count). The van der Waals surface area contributed by atoms with Crippen LogP contribution in [0.15, 0.2) is 24.3 Å². The summed E-state index contributed by atoms with van der Waals surface area (Å²) in [6.45, 7) is 6.70. The Morgan fingerprint density at radius 2 is 1.86 bits per heavy atom. The van der Waals surface area contributed by atoms with Crippen molar-refractivity contribution in [2.24, 2.45) is 7.05 Å². The molecule has 8 nitrogen and oxygen atoms in total. The number of piperazine rings is 1. The first-order valence-corrected chi connectivity index (χ1v) is 9.91. The van der Waals surface area contributed by atoms with Crippen molar-refractivity contribution in [3.8, 4) is 5.75 Å². The number of carbonyl (C=O) groups excluding carboxylic acids is 1. The zero-order valence-electron chi connectivity index (χ0n) is 17.3. The SMILES string of the molecule is CCc1nc(N2CCN(C(=O)c3ccccc3OC)CC2)c2c(n1)c(C)nn2C. The molecule has 2 aromatic heterocycles. The molecule has 3 aromatic rings. The molecule has 29 heavy (non-hydrogen) atoms. The van der Waals surface area contributed by atoms with E-state index in [1.54, 1.807) is 7.11 Å². The molecule has 8 heteroatoms. The van der Waals surface area contributed by atoms with Crippen LogP contribution in [0, 0.1) is 6.92 Å². The van der Waals surface area contributed by atoms with Crippen molar-refractivity contribution in [2.45, 2.75) is 20.3 Å². The standard InChI is InChI=1S/C21H26N6O2/c1-5-17-22-18-14(2)24-25(3)19(18)20(23-17)26-10-12-27(13-11-26)21(28)15-8-6-7-9-16(15)29-4/h6-9H,5,10-13H2,1-4H3. The molecule has 0 saturated carbocycles. The zero-order valence-corrected chi connectivity index (χ0v) is 17.3. The largest absolute Gasteiger partial charge is 0.496 e. The van der Waals surface area contributed by atoms with Gasteiger partial charge in [-0.05, 0) is 19.1 Å². The van der Waals surface area contributed by atoms with Crippen molar-refractivity contribution >= 4 is 22.8 Å². The highest BCUT2D eigenvalue weighted by atomic mass is 16.5. The minimum absolute atomic E-state index is 0.000518. The third-order valence-corrected chi connectivity index (χ3v) is 5.40.